The maximum absolute atomic E-state index is 12.3. The molecule has 122 valence electrons. The standard InChI is InChI=1S/C16H19ClN4O2/c1-10-8-11(2)15(12(17)9-10)19-16(22)13-4-5-14(21-20-13)18-6-7-23-3/h4-5,8-9H,6-7H2,1-3H3,(H,18,21)(H,19,22). The summed E-state index contributed by atoms with van der Waals surface area (Å²) < 4.78 is 4.94. The van der Waals surface area contributed by atoms with Gasteiger partial charge in [0.2, 0.25) is 0 Å². The van der Waals surface area contributed by atoms with Crippen molar-refractivity contribution < 1.29 is 9.53 Å². The third kappa shape index (κ3) is 4.64. The molecule has 0 atom stereocenters. The molecule has 2 N–H and O–H groups in total. The van der Waals surface area contributed by atoms with E-state index in [1.54, 1.807) is 25.3 Å². The van der Waals surface area contributed by atoms with Gasteiger partial charge in [-0.05, 0) is 43.2 Å². The first-order chi connectivity index (χ1) is 11.0. The van der Waals surface area contributed by atoms with Crippen molar-refractivity contribution in [3.8, 4) is 0 Å². The topological polar surface area (TPSA) is 76.1 Å². The molecule has 2 aromatic rings. The minimum atomic E-state index is -0.352. The fraction of sp³-hybridized carbons (Fsp3) is 0.312. The molecule has 0 saturated heterocycles. The van der Waals surface area contributed by atoms with Crippen molar-refractivity contribution in [2.24, 2.45) is 0 Å². The minimum absolute atomic E-state index is 0.221. The van der Waals surface area contributed by atoms with Crippen molar-refractivity contribution in [1.82, 2.24) is 10.2 Å². The van der Waals surface area contributed by atoms with Crippen molar-refractivity contribution in [2.75, 3.05) is 30.9 Å². The molecular formula is C16H19ClN4O2. The van der Waals surface area contributed by atoms with Gasteiger partial charge in [0, 0.05) is 13.7 Å². The number of halogens is 1. The molecule has 0 radical (unpaired) electrons. The Labute approximate surface area is 140 Å². The van der Waals surface area contributed by atoms with Crippen LogP contribution in [0.5, 0.6) is 0 Å². The van der Waals surface area contributed by atoms with E-state index in [-0.39, 0.29) is 11.6 Å². The molecule has 1 amide bonds. The number of ether oxygens (including phenoxy) is 1. The van der Waals surface area contributed by atoms with Crippen LogP contribution in [0.1, 0.15) is 21.6 Å². The lowest BCUT2D eigenvalue weighted by molar-refractivity contribution is 0.102. The summed E-state index contributed by atoms with van der Waals surface area (Å²) >= 11 is 6.19. The average molecular weight is 335 g/mol. The van der Waals surface area contributed by atoms with Crippen molar-refractivity contribution in [3.05, 3.63) is 46.1 Å². The molecule has 2 rings (SSSR count). The zero-order valence-electron chi connectivity index (χ0n) is 13.3. The molecule has 1 aromatic heterocycles. The molecule has 0 saturated carbocycles. The Hall–Kier alpha value is -2.18. The second kappa shape index (κ2) is 7.89. The Morgan fingerprint density at radius 3 is 2.65 bits per heavy atom. The van der Waals surface area contributed by atoms with Crippen molar-refractivity contribution in [3.63, 3.8) is 0 Å². The highest BCUT2D eigenvalue weighted by molar-refractivity contribution is 6.34. The molecule has 0 fully saturated rings. The van der Waals surface area contributed by atoms with E-state index in [1.807, 2.05) is 19.9 Å². The van der Waals surface area contributed by atoms with Crippen LogP contribution < -0.4 is 10.6 Å². The average Bonchev–Trinajstić information content (AvgIpc) is 2.51. The first-order valence-electron chi connectivity index (χ1n) is 7.16. The Kier molecular flexibility index (Phi) is 5.90. The molecule has 1 aromatic carbocycles. The third-order valence-electron chi connectivity index (χ3n) is 3.18. The highest BCUT2D eigenvalue weighted by atomic mass is 35.5. The van der Waals surface area contributed by atoms with Crippen LogP contribution in [0.2, 0.25) is 5.02 Å². The van der Waals surface area contributed by atoms with Crippen LogP contribution in [0.4, 0.5) is 11.5 Å². The first kappa shape index (κ1) is 17.2. The summed E-state index contributed by atoms with van der Waals surface area (Å²) in [6, 6.07) is 7.06. The molecule has 0 unspecified atom stereocenters. The van der Waals surface area contributed by atoms with Crippen molar-refractivity contribution in [2.45, 2.75) is 13.8 Å². The molecule has 0 aliphatic carbocycles. The predicted octanol–water partition coefficient (Wildman–Crippen LogP) is 3.06. The lowest BCUT2D eigenvalue weighted by atomic mass is 10.1. The van der Waals surface area contributed by atoms with E-state index in [4.69, 9.17) is 16.3 Å². The van der Waals surface area contributed by atoms with E-state index >= 15 is 0 Å². The number of anilines is 2. The molecule has 23 heavy (non-hydrogen) atoms. The van der Waals surface area contributed by atoms with Gasteiger partial charge in [-0.25, -0.2) is 0 Å². The SMILES string of the molecule is COCCNc1ccc(C(=O)Nc2c(C)cc(C)cc2Cl)nn1. The van der Waals surface area contributed by atoms with Gasteiger partial charge in [-0.1, -0.05) is 17.7 Å². The number of nitrogens with one attached hydrogen (secondary N) is 2. The molecule has 6 nitrogen and oxygen atoms in total. The molecule has 7 heteroatoms. The van der Waals surface area contributed by atoms with Gasteiger partial charge in [-0.3, -0.25) is 4.79 Å². The number of aromatic nitrogens is 2. The summed E-state index contributed by atoms with van der Waals surface area (Å²) in [5, 5.41) is 14.2. The van der Waals surface area contributed by atoms with E-state index < -0.39 is 0 Å². The summed E-state index contributed by atoms with van der Waals surface area (Å²) in [7, 11) is 1.62. The van der Waals surface area contributed by atoms with E-state index in [2.05, 4.69) is 20.8 Å². The molecule has 0 aliphatic heterocycles. The van der Waals surface area contributed by atoms with E-state index in [9.17, 15) is 4.79 Å². The Balaban J connectivity index is 2.06. The Bertz CT molecular complexity index is 666. The number of nitrogens with zero attached hydrogens (tertiary/aromatic N) is 2. The van der Waals surface area contributed by atoms with Crippen LogP contribution in [0.3, 0.4) is 0 Å². The molecule has 0 spiro atoms. The highest BCUT2D eigenvalue weighted by Crippen LogP contribution is 2.27. The second-order valence-electron chi connectivity index (χ2n) is 5.12. The number of hydrogen-bond donors (Lipinski definition) is 2. The van der Waals surface area contributed by atoms with Gasteiger partial charge in [-0.2, -0.15) is 0 Å². The van der Waals surface area contributed by atoms with E-state index in [0.29, 0.717) is 29.7 Å². The van der Waals surface area contributed by atoms with Gasteiger partial charge in [0.1, 0.15) is 5.82 Å². The van der Waals surface area contributed by atoms with Gasteiger partial charge >= 0.3 is 0 Å². The maximum Gasteiger partial charge on any atom is 0.276 e. The normalized spacial score (nSPS) is 10.4. The lowest BCUT2D eigenvalue weighted by Gasteiger charge is -2.11. The number of benzene rings is 1. The number of aryl methyl sites for hydroxylation is 2. The van der Waals surface area contributed by atoms with Crippen molar-refractivity contribution in [1.29, 1.82) is 0 Å². The predicted molar refractivity (Wildman–Crippen MR) is 91.3 cm³/mol. The summed E-state index contributed by atoms with van der Waals surface area (Å²) in [6.07, 6.45) is 0. The number of carbonyl (C=O) groups is 1. The van der Waals surface area contributed by atoms with Gasteiger partial charge in [0.05, 0.1) is 17.3 Å². The van der Waals surface area contributed by atoms with Gasteiger partial charge in [0.15, 0.2) is 5.69 Å². The third-order valence-corrected chi connectivity index (χ3v) is 3.48. The molecule has 0 bridgehead atoms. The largest absolute Gasteiger partial charge is 0.383 e. The number of rotatable bonds is 6. The summed E-state index contributed by atoms with van der Waals surface area (Å²) in [5.74, 6) is 0.234. The van der Waals surface area contributed by atoms with Crippen LogP contribution in [0.15, 0.2) is 24.3 Å². The minimum Gasteiger partial charge on any atom is -0.383 e. The smallest absolute Gasteiger partial charge is 0.276 e. The number of amides is 1. The summed E-state index contributed by atoms with van der Waals surface area (Å²) in [5.41, 5.74) is 2.75. The zero-order chi connectivity index (χ0) is 16.8. The second-order valence-corrected chi connectivity index (χ2v) is 5.52. The number of carbonyl (C=O) groups excluding carboxylic acids is 1. The molecule has 1 heterocycles. The summed E-state index contributed by atoms with van der Waals surface area (Å²) in [4.78, 5) is 12.3. The number of methoxy groups -OCH3 is 1. The van der Waals surface area contributed by atoms with Crippen LogP contribution in [-0.2, 0) is 4.74 Å². The first-order valence-corrected chi connectivity index (χ1v) is 7.53. The fourth-order valence-electron chi connectivity index (χ4n) is 2.08. The molecular weight excluding hydrogens is 316 g/mol. The van der Waals surface area contributed by atoms with Crippen LogP contribution in [0.25, 0.3) is 0 Å². The van der Waals surface area contributed by atoms with E-state index in [0.717, 1.165) is 11.1 Å². The van der Waals surface area contributed by atoms with Crippen LogP contribution >= 0.6 is 11.6 Å². The van der Waals surface area contributed by atoms with E-state index in [1.165, 1.54) is 0 Å². The Morgan fingerprint density at radius 1 is 1.26 bits per heavy atom. The van der Waals surface area contributed by atoms with Gasteiger partial charge in [0.25, 0.3) is 5.91 Å². The van der Waals surface area contributed by atoms with Gasteiger partial charge in [-0.15, -0.1) is 10.2 Å². The van der Waals surface area contributed by atoms with Crippen LogP contribution in [0, 0.1) is 13.8 Å². The van der Waals surface area contributed by atoms with Gasteiger partial charge < -0.3 is 15.4 Å². The lowest BCUT2D eigenvalue weighted by Crippen LogP contribution is -2.16. The Morgan fingerprint density at radius 2 is 2.04 bits per heavy atom. The monoisotopic (exact) mass is 334 g/mol. The molecule has 0 aliphatic rings. The number of hydrogen-bond acceptors (Lipinski definition) is 5. The fourth-order valence-corrected chi connectivity index (χ4v) is 2.45. The highest BCUT2D eigenvalue weighted by Gasteiger charge is 2.13. The maximum atomic E-state index is 12.3. The van der Waals surface area contributed by atoms with Crippen LogP contribution in [-0.4, -0.2) is 36.4 Å². The van der Waals surface area contributed by atoms with Crippen molar-refractivity contribution >= 4 is 29.0 Å². The zero-order valence-corrected chi connectivity index (χ0v) is 14.1. The summed E-state index contributed by atoms with van der Waals surface area (Å²) in [6.45, 7) is 5.03. The quantitative estimate of drug-likeness (QED) is 0.794.